The van der Waals surface area contributed by atoms with Crippen molar-refractivity contribution in [3.05, 3.63) is 82.8 Å². The molecule has 7 heteroatoms. The number of carbonyl (C=O) groups excluding carboxylic acids is 3. The molecule has 3 aromatic carbocycles. The van der Waals surface area contributed by atoms with Crippen LogP contribution in [0.1, 0.15) is 31.4 Å². The van der Waals surface area contributed by atoms with Crippen molar-refractivity contribution in [3.8, 4) is 5.75 Å². The number of para-hydroxylation sites is 1. The topological polar surface area (TPSA) is 72.9 Å². The lowest BCUT2D eigenvalue weighted by molar-refractivity contribution is -0.150. The van der Waals surface area contributed by atoms with Gasteiger partial charge in [0, 0.05) is 5.56 Å². The Morgan fingerprint density at radius 1 is 1.03 bits per heavy atom. The Kier molecular flexibility index (Phi) is 7.33. The van der Waals surface area contributed by atoms with E-state index >= 15 is 0 Å². The fourth-order valence-corrected chi connectivity index (χ4v) is 4.30. The van der Waals surface area contributed by atoms with E-state index in [2.05, 4.69) is 24.3 Å². The SMILES string of the molecule is CC[C@@H](C)OC(=O)CN1C(=O)S/C(=C\c2ccccc2OCc2ccc3ccccc3c2)C1=O. The van der Waals surface area contributed by atoms with Gasteiger partial charge in [0.15, 0.2) is 0 Å². The van der Waals surface area contributed by atoms with Gasteiger partial charge in [0.05, 0.1) is 11.0 Å². The average Bonchev–Trinajstić information content (AvgIpc) is 3.10. The maximum absolute atomic E-state index is 12.8. The van der Waals surface area contributed by atoms with E-state index in [0.29, 0.717) is 24.3 Å². The van der Waals surface area contributed by atoms with E-state index in [1.54, 1.807) is 13.0 Å². The van der Waals surface area contributed by atoms with Crippen molar-refractivity contribution in [2.45, 2.75) is 33.0 Å². The molecule has 0 N–H and O–H groups in total. The van der Waals surface area contributed by atoms with Crippen LogP contribution in [0.2, 0.25) is 0 Å². The van der Waals surface area contributed by atoms with Crippen LogP contribution in [0.5, 0.6) is 5.75 Å². The highest BCUT2D eigenvalue weighted by molar-refractivity contribution is 8.18. The third kappa shape index (κ3) is 5.48. The molecule has 1 saturated heterocycles. The normalized spacial score (nSPS) is 15.7. The predicted octanol–water partition coefficient (Wildman–Crippen LogP) is 5.80. The summed E-state index contributed by atoms with van der Waals surface area (Å²) in [5.41, 5.74) is 1.70. The van der Waals surface area contributed by atoms with Gasteiger partial charge in [-0.15, -0.1) is 0 Å². The summed E-state index contributed by atoms with van der Waals surface area (Å²) in [6.45, 7) is 3.62. The van der Waals surface area contributed by atoms with Gasteiger partial charge < -0.3 is 9.47 Å². The highest BCUT2D eigenvalue weighted by Crippen LogP contribution is 2.34. The number of amides is 2. The number of ether oxygens (including phenoxy) is 2. The van der Waals surface area contributed by atoms with Gasteiger partial charge in [-0.2, -0.15) is 0 Å². The molecule has 1 atom stereocenters. The second-order valence-corrected chi connectivity index (χ2v) is 8.98. The average molecular weight is 476 g/mol. The van der Waals surface area contributed by atoms with Crippen LogP contribution < -0.4 is 4.74 Å². The van der Waals surface area contributed by atoms with Gasteiger partial charge in [-0.1, -0.05) is 61.5 Å². The van der Waals surface area contributed by atoms with Crippen molar-refractivity contribution in [1.82, 2.24) is 4.90 Å². The van der Waals surface area contributed by atoms with Crippen molar-refractivity contribution in [2.24, 2.45) is 0 Å². The number of nitrogens with zero attached hydrogens (tertiary/aromatic N) is 1. The Morgan fingerprint density at radius 2 is 1.76 bits per heavy atom. The Labute approximate surface area is 202 Å². The number of benzene rings is 3. The monoisotopic (exact) mass is 475 g/mol. The molecule has 0 radical (unpaired) electrons. The molecule has 34 heavy (non-hydrogen) atoms. The van der Waals surface area contributed by atoms with Crippen LogP contribution in [0, 0.1) is 0 Å². The zero-order valence-electron chi connectivity index (χ0n) is 19.0. The van der Waals surface area contributed by atoms with Crippen LogP contribution in [-0.4, -0.2) is 34.7 Å². The first kappa shape index (κ1) is 23.6. The Balaban J connectivity index is 1.47. The standard InChI is InChI=1S/C27H25NO5S/c1-3-18(2)33-25(29)16-28-26(30)24(34-27(28)31)15-22-10-6-7-11-23(22)32-17-19-12-13-20-8-4-5-9-21(20)14-19/h4-15,18H,3,16-17H2,1-2H3/b24-15-/t18-/m1/s1. The lowest BCUT2D eigenvalue weighted by atomic mass is 10.1. The molecule has 1 aliphatic rings. The van der Waals surface area contributed by atoms with Gasteiger partial charge in [-0.3, -0.25) is 19.3 Å². The second kappa shape index (κ2) is 10.6. The number of thioether (sulfide) groups is 1. The predicted molar refractivity (Wildman–Crippen MR) is 133 cm³/mol. The number of hydrogen-bond donors (Lipinski definition) is 0. The summed E-state index contributed by atoms with van der Waals surface area (Å²) >= 11 is 0.803. The van der Waals surface area contributed by atoms with Gasteiger partial charge in [0.25, 0.3) is 11.1 Å². The molecule has 0 aliphatic carbocycles. The lowest BCUT2D eigenvalue weighted by Crippen LogP contribution is -2.35. The molecule has 0 unspecified atom stereocenters. The van der Waals surface area contributed by atoms with Gasteiger partial charge in [-0.25, -0.2) is 0 Å². The summed E-state index contributed by atoms with van der Waals surface area (Å²) in [6.07, 6.45) is 2.01. The van der Waals surface area contributed by atoms with Crippen LogP contribution in [-0.2, 0) is 20.9 Å². The van der Waals surface area contributed by atoms with Crippen molar-refractivity contribution < 1.29 is 23.9 Å². The van der Waals surface area contributed by atoms with Gasteiger partial charge in [0.1, 0.15) is 18.9 Å². The number of esters is 1. The summed E-state index contributed by atoms with van der Waals surface area (Å²) in [6, 6.07) is 21.6. The largest absolute Gasteiger partial charge is 0.488 e. The number of hydrogen-bond acceptors (Lipinski definition) is 6. The van der Waals surface area contributed by atoms with E-state index in [1.807, 2.05) is 49.4 Å². The highest BCUT2D eigenvalue weighted by Gasteiger charge is 2.37. The fraction of sp³-hybridized carbons (Fsp3) is 0.222. The Bertz CT molecular complexity index is 1270. The van der Waals surface area contributed by atoms with Crippen molar-refractivity contribution in [1.29, 1.82) is 0 Å². The minimum atomic E-state index is -0.600. The summed E-state index contributed by atoms with van der Waals surface area (Å²) in [7, 11) is 0. The molecule has 1 aliphatic heterocycles. The zero-order valence-corrected chi connectivity index (χ0v) is 19.8. The third-order valence-corrected chi connectivity index (χ3v) is 6.39. The second-order valence-electron chi connectivity index (χ2n) is 7.98. The van der Waals surface area contributed by atoms with Gasteiger partial charge in [-0.05, 0) is 59.7 Å². The third-order valence-electron chi connectivity index (χ3n) is 5.48. The molecule has 6 nitrogen and oxygen atoms in total. The maximum atomic E-state index is 12.8. The summed E-state index contributed by atoms with van der Waals surface area (Å²) in [5, 5.41) is 1.81. The molecule has 0 aromatic heterocycles. The Morgan fingerprint density at radius 3 is 2.56 bits per heavy atom. The molecule has 2 amide bonds. The molecule has 1 fully saturated rings. The van der Waals surface area contributed by atoms with Gasteiger partial charge in [0.2, 0.25) is 0 Å². The van der Waals surface area contributed by atoms with E-state index in [-0.39, 0.29) is 11.0 Å². The summed E-state index contributed by atoms with van der Waals surface area (Å²) < 4.78 is 11.3. The van der Waals surface area contributed by atoms with Crippen molar-refractivity contribution >= 4 is 45.7 Å². The molecule has 0 bridgehead atoms. The first-order valence-electron chi connectivity index (χ1n) is 11.1. The van der Waals surface area contributed by atoms with Crippen molar-refractivity contribution in [2.75, 3.05) is 6.54 Å². The minimum absolute atomic E-state index is 0.239. The number of fused-ring (bicyclic) bond motifs is 1. The van der Waals surface area contributed by atoms with Crippen molar-refractivity contribution in [3.63, 3.8) is 0 Å². The van der Waals surface area contributed by atoms with E-state index < -0.39 is 23.7 Å². The zero-order chi connectivity index (χ0) is 24.1. The van der Waals surface area contributed by atoms with Crippen LogP contribution in [0.4, 0.5) is 4.79 Å². The highest BCUT2D eigenvalue weighted by atomic mass is 32.2. The molecular formula is C27H25NO5S. The van der Waals surface area contributed by atoms with Gasteiger partial charge >= 0.3 is 5.97 Å². The van der Waals surface area contributed by atoms with E-state index in [0.717, 1.165) is 33.0 Å². The van der Waals surface area contributed by atoms with Crippen LogP contribution in [0.15, 0.2) is 71.6 Å². The molecule has 1 heterocycles. The van der Waals surface area contributed by atoms with Crippen LogP contribution in [0.3, 0.4) is 0 Å². The number of imide groups is 1. The minimum Gasteiger partial charge on any atom is -0.488 e. The van der Waals surface area contributed by atoms with Crippen LogP contribution >= 0.6 is 11.8 Å². The first-order chi connectivity index (χ1) is 16.4. The smallest absolute Gasteiger partial charge is 0.326 e. The molecule has 174 valence electrons. The van der Waals surface area contributed by atoms with E-state index in [9.17, 15) is 14.4 Å². The number of carbonyl (C=O) groups is 3. The molecule has 4 rings (SSSR count). The van der Waals surface area contributed by atoms with E-state index in [1.165, 1.54) is 0 Å². The Hall–Kier alpha value is -3.58. The quantitative estimate of drug-likeness (QED) is 0.303. The first-order valence-corrected chi connectivity index (χ1v) is 11.9. The van der Waals surface area contributed by atoms with E-state index in [4.69, 9.17) is 9.47 Å². The number of rotatable bonds is 8. The molecule has 3 aromatic rings. The molecule has 0 spiro atoms. The molecular weight excluding hydrogens is 450 g/mol. The lowest BCUT2D eigenvalue weighted by Gasteiger charge is -2.15. The fourth-order valence-electron chi connectivity index (χ4n) is 3.47. The maximum Gasteiger partial charge on any atom is 0.326 e. The van der Waals surface area contributed by atoms with Crippen LogP contribution in [0.25, 0.3) is 16.8 Å². The summed E-state index contributed by atoms with van der Waals surface area (Å²) in [5.74, 6) is -0.518. The molecule has 0 saturated carbocycles. The summed E-state index contributed by atoms with van der Waals surface area (Å²) in [4.78, 5) is 38.4.